The van der Waals surface area contributed by atoms with Crippen LogP contribution in [0.1, 0.15) is 0 Å². The summed E-state index contributed by atoms with van der Waals surface area (Å²) >= 11 is 0. The van der Waals surface area contributed by atoms with Crippen LogP contribution in [0.15, 0.2) is 167 Å². The molecule has 0 atom stereocenters. The minimum atomic E-state index is 0.571. The number of furan rings is 1. The summed E-state index contributed by atoms with van der Waals surface area (Å²) < 4.78 is 12.9. The summed E-state index contributed by atoms with van der Waals surface area (Å²) in [6, 6.07) is 54.4. The molecule has 7 aromatic carbocycles. The van der Waals surface area contributed by atoms with Gasteiger partial charge >= 0.3 is 0 Å². The molecule has 0 fully saturated rings. The van der Waals surface area contributed by atoms with Crippen molar-refractivity contribution >= 4 is 60.9 Å². The van der Waals surface area contributed by atoms with Crippen molar-refractivity contribution in [2.45, 2.75) is 0 Å². The van der Waals surface area contributed by atoms with E-state index >= 15 is 0 Å². The zero-order valence-corrected chi connectivity index (χ0v) is 24.2. The molecule has 0 aliphatic carbocycles. The molecule has 9 aromatic rings. The molecule has 0 bridgehead atoms. The minimum absolute atomic E-state index is 0.571. The molecule has 0 saturated carbocycles. The number of hydrogen-bond acceptors (Lipinski definition) is 4. The van der Waals surface area contributed by atoms with Gasteiger partial charge in [0.25, 0.3) is 0 Å². The van der Waals surface area contributed by atoms with Crippen molar-refractivity contribution in [2.75, 3.05) is 4.90 Å². The third kappa shape index (κ3) is 4.27. The van der Waals surface area contributed by atoms with Crippen molar-refractivity contribution in [3.8, 4) is 22.6 Å². The van der Waals surface area contributed by atoms with E-state index in [1.165, 1.54) is 10.9 Å². The highest BCUT2D eigenvalue weighted by Crippen LogP contribution is 2.48. The molecular weight excluding hydrogens is 552 g/mol. The summed E-state index contributed by atoms with van der Waals surface area (Å²) in [6.45, 7) is 0. The van der Waals surface area contributed by atoms with Gasteiger partial charge in [-0.3, -0.25) is 0 Å². The van der Waals surface area contributed by atoms with Gasteiger partial charge in [-0.05, 0) is 64.4 Å². The Hall–Kier alpha value is -6.13. The van der Waals surface area contributed by atoms with Crippen molar-refractivity contribution in [1.29, 1.82) is 0 Å². The molecule has 2 aromatic heterocycles. The number of rotatable bonds is 5. The Morgan fingerprint density at radius 1 is 0.444 bits per heavy atom. The van der Waals surface area contributed by atoms with E-state index in [9.17, 15) is 0 Å². The first kappa shape index (κ1) is 25.4. The van der Waals surface area contributed by atoms with Crippen LogP contribution in [0.4, 0.5) is 17.1 Å². The number of nitrogens with zero attached hydrogens (tertiary/aromatic N) is 2. The highest BCUT2D eigenvalue weighted by atomic mass is 16.4. The Kier molecular flexibility index (Phi) is 5.78. The second kappa shape index (κ2) is 10.2. The lowest BCUT2D eigenvalue weighted by Gasteiger charge is -2.27. The molecule has 4 nitrogen and oxygen atoms in total. The highest BCUT2D eigenvalue weighted by molar-refractivity contribution is 6.20. The van der Waals surface area contributed by atoms with Crippen LogP contribution in [0.5, 0.6) is 0 Å². The Labute approximate surface area is 259 Å². The fourth-order valence-corrected chi connectivity index (χ4v) is 6.33. The number of aromatic nitrogens is 1. The SMILES string of the molecule is c1ccc(-c2ccc(N(c3ccc4ccccc4c3)c3c4nc(-c5ccccc5)oc4cc4oc5ccccc5c34)cc2)cc1. The van der Waals surface area contributed by atoms with Crippen molar-refractivity contribution in [2.24, 2.45) is 0 Å². The van der Waals surface area contributed by atoms with Gasteiger partial charge in [-0.25, -0.2) is 4.98 Å². The van der Waals surface area contributed by atoms with Crippen LogP contribution in [-0.4, -0.2) is 4.98 Å². The molecule has 9 rings (SSSR count). The standard InChI is InChI=1S/C41H26N2O2/c1-3-11-27(12-4-1)29-19-22-32(23-20-29)43(33-24-21-28-13-7-8-16-31(28)25-33)40-38-34-17-9-10-18-35(34)44-36(38)26-37-39(40)42-41(45-37)30-14-5-2-6-15-30/h1-26H. The molecule has 0 N–H and O–H groups in total. The maximum atomic E-state index is 6.47. The van der Waals surface area contributed by atoms with Gasteiger partial charge in [-0.2, -0.15) is 0 Å². The van der Waals surface area contributed by atoms with E-state index in [-0.39, 0.29) is 0 Å². The van der Waals surface area contributed by atoms with Gasteiger partial charge in [-0.15, -0.1) is 0 Å². The first-order chi connectivity index (χ1) is 22.3. The van der Waals surface area contributed by atoms with E-state index in [4.69, 9.17) is 13.8 Å². The molecule has 2 heterocycles. The van der Waals surface area contributed by atoms with Crippen LogP contribution in [0, 0.1) is 0 Å². The second-order valence-corrected chi connectivity index (χ2v) is 11.2. The smallest absolute Gasteiger partial charge is 0.227 e. The van der Waals surface area contributed by atoms with Crippen LogP contribution in [0.2, 0.25) is 0 Å². The van der Waals surface area contributed by atoms with Crippen molar-refractivity contribution in [1.82, 2.24) is 4.98 Å². The average Bonchev–Trinajstić information content (AvgIpc) is 3.71. The van der Waals surface area contributed by atoms with Gasteiger partial charge in [0, 0.05) is 28.4 Å². The maximum Gasteiger partial charge on any atom is 0.227 e. The van der Waals surface area contributed by atoms with Crippen LogP contribution in [0.3, 0.4) is 0 Å². The van der Waals surface area contributed by atoms with Gasteiger partial charge < -0.3 is 13.7 Å². The summed E-state index contributed by atoms with van der Waals surface area (Å²) in [4.78, 5) is 7.47. The molecule has 212 valence electrons. The van der Waals surface area contributed by atoms with Crippen LogP contribution in [0.25, 0.3) is 66.4 Å². The summed E-state index contributed by atoms with van der Waals surface area (Å²) in [5, 5.41) is 4.36. The zero-order valence-electron chi connectivity index (χ0n) is 24.2. The predicted molar refractivity (Wildman–Crippen MR) is 184 cm³/mol. The predicted octanol–water partition coefficient (Wildman–Crippen LogP) is 11.7. The van der Waals surface area contributed by atoms with Gasteiger partial charge in [-0.1, -0.05) is 109 Å². The van der Waals surface area contributed by atoms with E-state index in [0.29, 0.717) is 11.5 Å². The van der Waals surface area contributed by atoms with E-state index in [1.54, 1.807) is 0 Å². The molecule has 0 aliphatic heterocycles. The lowest BCUT2D eigenvalue weighted by Crippen LogP contribution is -2.11. The fraction of sp³-hybridized carbons (Fsp3) is 0. The van der Waals surface area contributed by atoms with Crippen LogP contribution < -0.4 is 4.90 Å². The fourth-order valence-electron chi connectivity index (χ4n) is 6.33. The molecular formula is C41H26N2O2. The highest BCUT2D eigenvalue weighted by Gasteiger charge is 2.26. The molecule has 0 amide bonds. The summed E-state index contributed by atoms with van der Waals surface area (Å²) in [5.41, 5.74) is 9.21. The van der Waals surface area contributed by atoms with Crippen LogP contribution >= 0.6 is 0 Å². The van der Waals surface area contributed by atoms with Gasteiger partial charge in [0.2, 0.25) is 5.89 Å². The summed E-state index contributed by atoms with van der Waals surface area (Å²) in [5.74, 6) is 0.571. The van der Waals surface area contributed by atoms with E-state index < -0.39 is 0 Å². The third-order valence-electron chi connectivity index (χ3n) is 8.47. The van der Waals surface area contributed by atoms with Crippen LogP contribution in [-0.2, 0) is 0 Å². The molecule has 4 heteroatoms. The van der Waals surface area contributed by atoms with Crippen molar-refractivity contribution < 1.29 is 8.83 Å². The largest absolute Gasteiger partial charge is 0.456 e. The van der Waals surface area contributed by atoms with Gasteiger partial charge in [0.1, 0.15) is 16.7 Å². The van der Waals surface area contributed by atoms with Gasteiger partial charge in [0.15, 0.2) is 5.58 Å². The lowest BCUT2D eigenvalue weighted by molar-refractivity contribution is 0.617. The monoisotopic (exact) mass is 578 g/mol. The number of benzene rings is 7. The van der Waals surface area contributed by atoms with Crippen molar-refractivity contribution in [3.63, 3.8) is 0 Å². The lowest BCUT2D eigenvalue weighted by atomic mass is 10.0. The topological polar surface area (TPSA) is 42.4 Å². The van der Waals surface area contributed by atoms with E-state index in [1.807, 2.05) is 54.6 Å². The number of fused-ring (bicyclic) bond motifs is 5. The first-order valence-corrected chi connectivity index (χ1v) is 15.0. The Morgan fingerprint density at radius 2 is 1.09 bits per heavy atom. The Morgan fingerprint density at radius 3 is 1.89 bits per heavy atom. The van der Waals surface area contributed by atoms with E-state index in [2.05, 4.69) is 108 Å². The quantitative estimate of drug-likeness (QED) is 0.204. The number of oxazole rings is 1. The number of para-hydroxylation sites is 1. The summed E-state index contributed by atoms with van der Waals surface area (Å²) in [6.07, 6.45) is 0. The van der Waals surface area contributed by atoms with Gasteiger partial charge in [0.05, 0.1) is 11.1 Å². The molecule has 0 aliphatic rings. The Bertz CT molecular complexity index is 2480. The second-order valence-electron chi connectivity index (χ2n) is 11.2. The zero-order chi connectivity index (χ0) is 29.7. The molecule has 0 unspecified atom stereocenters. The third-order valence-corrected chi connectivity index (χ3v) is 8.47. The average molecular weight is 579 g/mol. The van der Waals surface area contributed by atoms with E-state index in [0.717, 1.165) is 61.0 Å². The normalized spacial score (nSPS) is 11.6. The molecule has 0 radical (unpaired) electrons. The molecule has 0 saturated heterocycles. The number of anilines is 3. The molecule has 0 spiro atoms. The maximum absolute atomic E-state index is 6.47. The Balaban J connectivity index is 1.37. The molecule has 45 heavy (non-hydrogen) atoms. The minimum Gasteiger partial charge on any atom is -0.456 e. The number of hydrogen-bond donors (Lipinski definition) is 0. The first-order valence-electron chi connectivity index (χ1n) is 15.0. The van der Waals surface area contributed by atoms with Crippen molar-refractivity contribution in [3.05, 3.63) is 158 Å². The summed E-state index contributed by atoms with van der Waals surface area (Å²) in [7, 11) is 0.